The first kappa shape index (κ1) is 18.0. The van der Waals surface area contributed by atoms with Crippen LogP contribution in [-0.2, 0) is 9.59 Å². The molecule has 2 rings (SSSR count). The van der Waals surface area contributed by atoms with Crippen LogP contribution in [0.15, 0.2) is 18.2 Å². The molecule has 0 unspecified atom stereocenters. The quantitative estimate of drug-likeness (QED) is 0.752. The van der Waals surface area contributed by atoms with Crippen molar-refractivity contribution in [2.24, 2.45) is 0 Å². The Morgan fingerprint density at radius 1 is 1.12 bits per heavy atom. The van der Waals surface area contributed by atoms with Crippen molar-refractivity contribution in [3.8, 4) is 0 Å². The molecule has 2 amide bonds. The minimum absolute atomic E-state index is 0.0163. The summed E-state index contributed by atoms with van der Waals surface area (Å²) in [6.45, 7) is 3.42. The highest BCUT2D eigenvalue weighted by Gasteiger charge is 2.21. The average molecular weight is 332 g/mol. The molecule has 0 saturated carbocycles. The van der Waals surface area contributed by atoms with Crippen LogP contribution < -0.4 is 5.32 Å². The van der Waals surface area contributed by atoms with Gasteiger partial charge in [-0.1, -0.05) is 6.07 Å². The van der Waals surface area contributed by atoms with Crippen LogP contribution in [0.5, 0.6) is 0 Å². The fraction of sp³-hybridized carbons (Fsp3) is 0.500. The molecule has 0 spiro atoms. The number of rotatable bonds is 7. The zero-order valence-electron chi connectivity index (χ0n) is 14.0. The molecule has 0 aromatic heterocycles. The molecular weight excluding hydrogens is 308 g/mol. The summed E-state index contributed by atoms with van der Waals surface area (Å²) in [6, 6.07) is 5.35. The molecule has 0 aliphatic carbocycles. The van der Waals surface area contributed by atoms with E-state index in [1.54, 1.807) is 18.2 Å². The van der Waals surface area contributed by atoms with Gasteiger partial charge in [-0.15, -0.1) is 0 Å². The van der Waals surface area contributed by atoms with Gasteiger partial charge in [-0.05, 0) is 50.3 Å². The number of benzene rings is 1. The van der Waals surface area contributed by atoms with E-state index in [-0.39, 0.29) is 24.7 Å². The van der Waals surface area contributed by atoms with Crippen molar-refractivity contribution in [1.82, 2.24) is 4.90 Å². The fourth-order valence-electron chi connectivity index (χ4n) is 2.87. The first-order valence-corrected chi connectivity index (χ1v) is 8.39. The van der Waals surface area contributed by atoms with E-state index < -0.39 is 5.97 Å². The van der Waals surface area contributed by atoms with E-state index in [4.69, 9.17) is 5.11 Å². The summed E-state index contributed by atoms with van der Waals surface area (Å²) in [4.78, 5) is 36.8. The number of nitrogens with zero attached hydrogens (tertiary/aromatic N) is 1. The molecule has 1 saturated heterocycles. The van der Waals surface area contributed by atoms with Crippen LogP contribution in [0.3, 0.4) is 0 Å². The zero-order valence-corrected chi connectivity index (χ0v) is 14.0. The first-order chi connectivity index (χ1) is 11.5. The van der Waals surface area contributed by atoms with Crippen LogP contribution in [0.2, 0.25) is 0 Å². The lowest BCUT2D eigenvalue weighted by molar-refractivity contribution is -0.137. The molecule has 1 aliphatic rings. The SMILES string of the molecule is Cc1c(NC(=O)CCCCC(=O)O)cccc1C(=O)N1CCCC1. The van der Waals surface area contributed by atoms with Gasteiger partial charge in [-0.3, -0.25) is 14.4 Å². The Morgan fingerprint density at radius 2 is 1.79 bits per heavy atom. The molecule has 2 N–H and O–H groups in total. The lowest BCUT2D eigenvalue weighted by Gasteiger charge is -2.18. The molecule has 130 valence electrons. The van der Waals surface area contributed by atoms with Gasteiger partial charge in [0.15, 0.2) is 0 Å². The molecule has 1 fully saturated rings. The molecule has 6 nitrogen and oxygen atoms in total. The molecular formula is C18H24N2O4. The molecule has 0 bridgehead atoms. The Kier molecular flexibility index (Phi) is 6.35. The topological polar surface area (TPSA) is 86.7 Å². The number of likely N-dealkylation sites (tertiary alicyclic amines) is 1. The number of carboxylic acids is 1. The Bertz CT molecular complexity index is 621. The number of carboxylic acid groups (broad SMARTS) is 1. The van der Waals surface area contributed by atoms with Crippen molar-refractivity contribution in [2.45, 2.75) is 45.4 Å². The highest BCUT2D eigenvalue weighted by Crippen LogP contribution is 2.22. The monoisotopic (exact) mass is 332 g/mol. The third-order valence-corrected chi connectivity index (χ3v) is 4.28. The summed E-state index contributed by atoms with van der Waals surface area (Å²) in [6.07, 6.45) is 3.44. The highest BCUT2D eigenvalue weighted by molar-refractivity contribution is 5.99. The van der Waals surface area contributed by atoms with Gasteiger partial charge in [0.05, 0.1) is 0 Å². The molecule has 24 heavy (non-hydrogen) atoms. The van der Waals surface area contributed by atoms with E-state index in [1.165, 1.54) is 0 Å². The minimum Gasteiger partial charge on any atom is -0.481 e. The van der Waals surface area contributed by atoms with Gasteiger partial charge in [-0.25, -0.2) is 0 Å². The second-order valence-electron chi connectivity index (χ2n) is 6.13. The van der Waals surface area contributed by atoms with Crippen LogP contribution in [0.25, 0.3) is 0 Å². The predicted octanol–water partition coefficient (Wildman–Crippen LogP) is 2.81. The number of aliphatic carboxylic acids is 1. The number of hydrogen-bond donors (Lipinski definition) is 2. The molecule has 1 aromatic rings. The smallest absolute Gasteiger partial charge is 0.303 e. The first-order valence-electron chi connectivity index (χ1n) is 8.39. The minimum atomic E-state index is -0.848. The van der Waals surface area contributed by atoms with Gasteiger partial charge in [0.1, 0.15) is 0 Å². The molecule has 1 aliphatic heterocycles. The van der Waals surface area contributed by atoms with Crippen LogP contribution in [0.1, 0.15) is 54.4 Å². The molecule has 6 heteroatoms. The van der Waals surface area contributed by atoms with Gasteiger partial charge in [0.2, 0.25) is 5.91 Å². The highest BCUT2D eigenvalue weighted by atomic mass is 16.4. The summed E-state index contributed by atoms with van der Waals surface area (Å²) < 4.78 is 0. The van der Waals surface area contributed by atoms with Crippen LogP contribution in [0, 0.1) is 6.92 Å². The van der Waals surface area contributed by atoms with Crippen molar-refractivity contribution < 1.29 is 19.5 Å². The van der Waals surface area contributed by atoms with E-state index in [0.717, 1.165) is 31.5 Å². The van der Waals surface area contributed by atoms with Crippen LogP contribution in [-0.4, -0.2) is 40.9 Å². The van der Waals surface area contributed by atoms with Crippen molar-refractivity contribution >= 4 is 23.5 Å². The third-order valence-electron chi connectivity index (χ3n) is 4.28. The molecule has 0 radical (unpaired) electrons. The summed E-state index contributed by atoms with van der Waals surface area (Å²) in [5.74, 6) is -0.990. The van der Waals surface area contributed by atoms with Crippen molar-refractivity contribution in [3.63, 3.8) is 0 Å². The van der Waals surface area contributed by atoms with E-state index >= 15 is 0 Å². The molecule has 0 atom stereocenters. The largest absolute Gasteiger partial charge is 0.481 e. The number of anilines is 1. The number of hydrogen-bond acceptors (Lipinski definition) is 3. The van der Waals surface area contributed by atoms with Gasteiger partial charge in [-0.2, -0.15) is 0 Å². The van der Waals surface area contributed by atoms with Crippen LogP contribution in [0.4, 0.5) is 5.69 Å². The predicted molar refractivity (Wildman–Crippen MR) is 91.1 cm³/mol. The Balaban J connectivity index is 1.95. The second kappa shape index (κ2) is 8.47. The van der Waals surface area contributed by atoms with E-state index in [9.17, 15) is 14.4 Å². The maximum Gasteiger partial charge on any atom is 0.303 e. The van der Waals surface area contributed by atoms with E-state index in [2.05, 4.69) is 5.32 Å². The van der Waals surface area contributed by atoms with Crippen molar-refractivity contribution in [2.75, 3.05) is 18.4 Å². The third kappa shape index (κ3) is 4.81. The second-order valence-corrected chi connectivity index (χ2v) is 6.13. The van der Waals surface area contributed by atoms with Crippen LogP contribution >= 0.6 is 0 Å². The van der Waals surface area contributed by atoms with Gasteiger partial charge in [0, 0.05) is 37.2 Å². The maximum atomic E-state index is 12.5. The van der Waals surface area contributed by atoms with Crippen molar-refractivity contribution in [3.05, 3.63) is 29.3 Å². The standard InChI is InChI=1S/C18H24N2O4/c1-13-14(18(24)20-11-4-5-12-20)7-6-8-15(13)19-16(21)9-2-3-10-17(22)23/h6-8H,2-5,9-12H2,1H3,(H,19,21)(H,22,23). The summed E-state index contributed by atoms with van der Waals surface area (Å²) in [7, 11) is 0. The van der Waals surface area contributed by atoms with E-state index in [1.807, 2.05) is 11.8 Å². The Labute approximate surface area is 141 Å². The summed E-state index contributed by atoms with van der Waals surface area (Å²) in [5, 5.41) is 11.4. The summed E-state index contributed by atoms with van der Waals surface area (Å²) in [5.41, 5.74) is 2.04. The number of amides is 2. The average Bonchev–Trinajstić information content (AvgIpc) is 3.07. The summed E-state index contributed by atoms with van der Waals surface area (Å²) >= 11 is 0. The van der Waals surface area contributed by atoms with Gasteiger partial charge >= 0.3 is 5.97 Å². The number of unbranched alkanes of at least 4 members (excludes halogenated alkanes) is 1. The number of carbonyl (C=O) groups is 3. The van der Waals surface area contributed by atoms with Gasteiger partial charge < -0.3 is 15.3 Å². The number of nitrogens with one attached hydrogen (secondary N) is 1. The lowest BCUT2D eigenvalue weighted by atomic mass is 10.1. The van der Waals surface area contributed by atoms with E-state index in [0.29, 0.717) is 24.1 Å². The maximum absolute atomic E-state index is 12.5. The Hall–Kier alpha value is -2.37. The lowest BCUT2D eigenvalue weighted by Crippen LogP contribution is -2.28. The molecule has 1 heterocycles. The number of carbonyl (C=O) groups excluding carboxylic acids is 2. The van der Waals surface area contributed by atoms with Gasteiger partial charge in [0.25, 0.3) is 5.91 Å². The Morgan fingerprint density at radius 3 is 2.46 bits per heavy atom. The zero-order chi connectivity index (χ0) is 17.5. The molecule has 1 aromatic carbocycles. The van der Waals surface area contributed by atoms with Crippen molar-refractivity contribution in [1.29, 1.82) is 0 Å². The fourth-order valence-corrected chi connectivity index (χ4v) is 2.87. The normalized spacial score (nSPS) is 13.8.